The van der Waals surface area contributed by atoms with Gasteiger partial charge in [-0.05, 0) is 60.8 Å². The fraction of sp³-hybridized carbons (Fsp3) is 0.409. The van der Waals surface area contributed by atoms with E-state index in [0.29, 0.717) is 25.5 Å². The van der Waals surface area contributed by atoms with Crippen LogP contribution in [-0.4, -0.2) is 55.9 Å². The molecule has 30 heavy (non-hydrogen) atoms. The number of benzene rings is 2. The van der Waals surface area contributed by atoms with Gasteiger partial charge >= 0.3 is 5.97 Å². The van der Waals surface area contributed by atoms with E-state index >= 15 is 0 Å². The highest BCUT2D eigenvalue weighted by molar-refractivity contribution is 7.97. The summed E-state index contributed by atoms with van der Waals surface area (Å²) in [6, 6.07) is 13.3. The quantitative estimate of drug-likeness (QED) is 0.463. The molecule has 0 amide bonds. The maximum absolute atomic E-state index is 13.0. The first-order valence-electron chi connectivity index (χ1n) is 9.64. The zero-order valence-electron chi connectivity index (χ0n) is 17.2. The van der Waals surface area contributed by atoms with Crippen LogP contribution in [0.1, 0.15) is 12.5 Å². The lowest BCUT2D eigenvalue weighted by Crippen LogP contribution is -2.55. The standard InChI is InChI=1S/C22H26FNO5S/c1-15-21(22(25)27-3)24(12-19(29-15)14-26-2)30-20-10-8-18(9-11-20)28-13-16-4-6-17(23)7-5-16/h4-11,15,19,21H,12-14H2,1-3H3. The number of esters is 1. The van der Waals surface area contributed by atoms with Crippen molar-refractivity contribution in [3.8, 4) is 5.75 Å². The lowest BCUT2D eigenvalue weighted by molar-refractivity contribution is -0.162. The van der Waals surface area contributed by atoms with E-state index in [1.807, 2.05) is 35.5 Å². The van der Waals surface area contributed by atoms with E-state index in [4.69, 9.17) is 18.9 Å². The third-order valence-corrected chi connectivity index (χ3v) is 5.80. The highest BCUT2D eigenvalue weighted by Gasteiger charge is 2.40. The van der Waals surface area contributed by atoms with Crippen LogP contribution in [-0.2, 0) is 25.6 Å². The Kier molecular flexibility index (Phi) is 8.09. The summed E-state index contributed by atoms with van der Waals surface area (Å²) >= 11 is 1.47. The summed E-state index contributed by atoms with van der Waals surface area (Å²) in [6.07, 6.45) is -0.450. The Labute approximate surface area is 180 Å². The monoisotopic (exact) mass is 435 g/mol. The molecular weight excluding hydrogens is 409 g/mol. The molecule has 2 aromatic rings. The second kappa shape index (κ2) is 10.8. The van der Waals surface area contributed by atoms with E-state index in [2.05, 4.69) is 0 Å². The Balaban J connectivity index is 1.63. The van der Waals surface area contributed by atoms with Crippen molar-refractivity contribution in [2.24, 2.45) is 0 Å². The predicted molar refractivity (Wildman–Crippen MR) is 112 cm³/mol. The Morgan fingerprint density at radius 1 is 1.17 bits per heavy atom. The zero-order chi connectivity index (χ0) is 21.5. The van der Waals surface area contributed by atoms with E-state index in [9.17, 15) is 9.18 Å². The van der Waals surface area contributed by atoms with Gasteiger partial charge in [0.2, 0.25) is 0 Å². The van der Waals surface area contributed by atoms with Crippen LogP contribution in [0.5, 0.6) is 5.75 Å². The summed E-state index contributed by atoms with van der Waals surface area (Å²) in [6.45, 7) is 3.21. The molecule has 0 bridgehead atoms. The number of nitrogens with zero attached hydrogens (tertiary/aromatic N) is 1. The third-order valence-electron chi connectivity index (χ3n) is 4.71. The first-order valence-corrected chi connectivity index (χ1v) is 10.4. The fourth-order valence-electron chi connectivity index (χ4n) is 3.25. The van der Waals surface area contributed by atoms with Crippen LogP contribution >= 0.6 is 11.9 Å². The Morgan fingerprint density at radius 3 is 2.50 bits per heavy atom. The number of carbonyl (C=O) groups is 1. The molecule has 3 unspecified atom stereocenters. The topological polar surface area (TPSA) is 57.2 Å². The Hall–Kier alpha value is -2.13. The Morgan fingerprint density at radius 2 is 1.87 bits per heavy atom. The van der Waals surface area contributed by atoms with Crippen molar-refractivity contribution in [1.82, 2.24) is 4.31 Å². The summed E-state index contributed by atoms with van der Waals surface area (Å²) in [7, 11) is 3.01. The van der Waals surface area contributed by atoms with Gasteiger partial charge in [-0.25, -0.2) is 8.70 Å². The molecule has 0 saturated carbocycles. The van der Waals surface area contributed by atoms with E-state index < -0.39 is 6.04 Å². The van der Waals surface area contributed by atoms with Gasteiger partial charge in [0.1, 0.15) is 24.2 Å². The molecule has 2 aromatic carbocycles. The fourth-order valence-corrected chi connectivity index (χ4v) is 4.39. The molecule has 162 valence electrons. The number of methoxy groups -OCH3 is 2. The molecule has 1 heterocycles. The van der Waals surface area contributed by atoms with Gasteiger partial charge < -0.3 is 18.9 Å². The first kappa shape index (κ1) is 22.6. The molecule has 0 aliphatic carbocycles. The summed E-state index contributed by atoms with van der Waals surface area (Å²) in [5.41, 5.74) is 0.891. The van der Waals surface area contributed by atoms with Crippen LogP contribution in [0.3, 0.4) is 0 Å². The van der Waals surface area contributed by atoms with Gasteiger partial charge in [0.25, 0.3) is 0 Å². The summed E-state index contributed by atoms with van der Waals surface area (Å²) in [4.78, 5) is 13.3. The number of carbonyl (C=O) groups excluding carboxylic acids is 1. The number of morpholine rings is 1. The number of halogens is 1. The first-order chi connectivity index (χ1) is 14.5. The lowest BCUT2D eigenvalue weighted by atomic mass is 10.1. The molecule has 6 nitrogen and oxygen atoms in total. The zero-order valence-corrected chi connectivity index (χ0v) is 18.1. The normalized spacial score (nSPS) is 21.9. The Bertz CT molecular complexity index is 817. The number of hydrogen-bond donors (Lipinski definition) is 0. The molecule has 3 rings (SSSR count). The van der Waals surface area contributed by atoms with Crippen LogP contribution in [0.25, 0.3) is 0 Å². The second-order valence-electron chi connectivity index (χ2n) is 6.96. The highest BCUT2D eigenvalue weighted by atomic mass is 32.2. The molecule has 0 radical (unpaired) electrons. The van der Waals surface area contributed by atoms with Gasteiger partial charge in [0.15, 0.2) is 0 Å². The molecule has 3 atom stereocenters. The average molecular weight is 436 g/mol. The van der Waals surface area contributed by atoms with Crippen LogP contribution in [0, 0.1) is 5.82 Å². The third kappa shape index (κ3) is 5.95. The minimum atomic E-state index is -0.512. The van der Waals surface area contributed by atoms with Gasteiger partial charge in [0.05, 0.1) is 25.9 Å². The molecule has 0 N–H and O–H groups in total. The van der Waals surface area contributed by atoms with Gasteiger partial charge in [-0.2, -0.15) is 0 Å². The lowest BCUT2D eigenvalue weighted by Gasteiger charge is -2.40. The van der Waals surface area contributed by atoms with Crippen molar-refractivity contribution in [1.29, 1.82) is 0 Å². The molecule has 8 heteroatoms. The molecule has 1 aliphatic heterocycles. The summed E-state index contributed by atoms with van der Waals surface area (Å²) < 4.78 is 36.8. The maximum atomic E-state index is 13.0. The van der Waals surface area contributed by atoms with Crippen molar-refractivity contribution in [2.75, 3.05) is 27.4 Å². The van der Waals surface area contributed by atoms with Crippen LogP contribution < -0.4 is 4.74 Å². The predicted octanol–water partition coefficient (Wildman–Crippen LogP) is 3.69. The molecule has 1 aliphatic rings. The highest BCUT2D eigenvalue weighted by Crippen LogP contribution is 2.32. The molecular formula is C22H26FNO5S. The van der Waals surface area contributed by atoms with Gasteiger partial charge in [-0.15, -0.1) is 0 Å². The number of hydrogen-bond acceptors (Lipinski definition) is 7. The van der Waals surface area contributed by atoms with Crippen LogP contribution in [0.15, 0.2) is 53.4 Å². The average Bonchev–Trinajstić information content (AvgIpc) is 2.74. The van der Waals surface area contributed by atoms with Gasteiger partial charge in [-0.3, -0.25) is 4.79 Å². The molecule has 0 aromatic heterocycles. The largest absolute Gasteiger partial charge is 0.489 e. The minimum absolute atomic E-state index is 0.128. The van der Waals surface area contributed by atoms with Crippen LogP contribution in [0.4, 0.5) is 4.39 Å². The van der Waals surface area contributed by atoms with E-state index in [0.717, 1.165) is 10.5 Å². The molecule has 0 spiro atoms. The molecule has 1 saturated heterocycles. The number of rotatable bonds is 8. The van der Waals surface area contributed by atoms with Crippen LogP contribution in [0.2, 0.25) is 0 Å². The van der Waals surface area contributed by atoms with Crippen molar-refractivity contribution >= 4 is 17.9 Å². The van der Waals surface area contributed by atoms with Crippen molar-refractivity contribution in [3.63, 3.8) is 0 Å². The van der Waals surface area contributed by atoms with Gasteiger partial charge in [-0.1, -0.05) is 12.1 Å². The van der Waals surface area contributed by atoms with Gasteiger partial charge in [0, 0.05) is 18.6 Å². The van der Waals surface area contributed by atoms with E-state index in [1.165, 1.54) is 31.2 Å². The van der Waals surface area contributed by atoms with Crippen molar-refractivity contribution in [3.05, 3.63) is 59.9 Å². The van der Waals surface area contributed by atoms with Crippen molar-refractivity contribution < 1.29 is 28.1 Å². The maximum Gasteiger partial charge on any atom is 0.326 e. The van der Waals surface area contributed by atoms with Crippen molar-refractivity contribution in [2.45, 2.75) is 36.7 Å². The van der Waals surface area contributed by atoms with E-state index in [1.54, 1.807) is 19.2 Å². The van der Waals surface area contributed by atoms with E-state index in [-0.39, 0.29) is 24.0 Å². The molecule has 1 fully saturated rings. The SMILES string of the molecule is COCC1CN(Sc2ccc(OCc3ccc(F)cc3)cc2)C(C(=O)OC)C(C)O1. The second-order valence-corrected chi connectivity index (χ2v) is 8.09. The minimum Gasteiger partial charge on any atom is -0.489 e. The summed E-state index contributed by atoms with van der Waals surface area (Å²) in [5, 5.41) is 0. The number of ether oxygens (including phenoxy) is 4. The smallest absolute Gasteiger partial charge is 0.326 e. The summed E-state index contributed by atoms with van der Waals surface area (Å²) in [5.74, 6) is 0.112.